The summed E-state index contributed by atoms with van der Waals surface area (Å²) in [6, 6.07) is -1.48. The van der Waals surface area contributed by atoms with Crippen LogP contribution < -0.4 is 5.73 Å². The van der Waals surface area contributed by atoms with Gasteiger partial charge in [0.1, 0.15) is 12.1 Å². The molecular weight excluding hydrogens is 814 g/mol. The van der Waals surface area contributed by atoms with E-state index in [1.165, 1.54) is 83.5 Å². The van der Waals surface area contributed by atoms with Gasteiger partial charge in [0.05, 0.1) is 19.8 Å². The second-order valence-electron chi connectivity index (χ2n) is 16.6. The summed E-state index contributed by atoms with van der Waals surface area (Å²) in [7, 11) is -4.63. The van der Waals surface area contributed by atoms with E-state index in [0.717, 1.165) is 96.3 Å². The van der Waals surface area contributed by atoms with Crippen LogP contribution in [-0.4, -0.2) is 60.5 Å². The van der Waals surface area contributed by atoms with Crippen molar-refractivity contribution in [2.75, 3.05) is 26.4 Å². The molecule has 0 saturated carbocycles. The number of ether oxygens (including phenoxy) is 2. The lowest BCUT2D eigenvalue weighted by Crippen LogP contribution is -2.34. The average Bonchev–Trinajstić information content (AvgIpc) is 3.26. The standard InChI is InChI=1S/C52H92NO9P/c1-3-5-7-9-11-13-15-17-19-21-22-23-24-25-26-27-29-31-33-35-37-39-41-43-45-59-46-49(47-60-63(57,58)61-48-50(53)52(55)56)62-51(54)44-42-40-38-36-34-32-30-28-20-18-16-14-12-10-8-6-4-2/h5,7,11,13,17,19,22-23,25-26,29,31,49-50H,3-4,6,8-10,12,14-16,18,20-21,24,27-28,30,32-48,53H2,1-2H3,(H,55,56)(H,57,58)/b7-5-,13-11-,19-17-,23-22-,26-25-,31-29-. The number of carboxylic acid groups (broad SMARTS) is 1. The van der Waals surface area contributed by atoms with Crippen LogP contribution in [0.25, 0.3) is 0 Å². The van der Waals surface area contributed by atoms with E-state index in [1.54, 1.807) is 0 Å². The van der Waals surface area contributed by atoms with Crippen LogP contribution in [0.1, 0.15) is 206 Å². The average molecular weight is 906 g/mol. The molecule has 0 bridgehead atoms. The van der Waals surface area contributed by atoms with Crippen molar-refractivity contribution in [2.45, 2.75) is 219 Å². The number of phosphoric ester groups is 1. The van der Waals surface area contributed by atoms with Gasteiger partial charge in [-0.05, 0) is 64.2 Å². The molecule has 0 aromatic carbocycles. The maximum Gasteiger partial charge on any atom is 0.472 e. The summed E-state index contributed by atoms with van der Waals surface area (Å²) >= 11 is 0. The molecule has 364 valence electrons. The van der Waals surface area contributed by atoms with Crippen molar-refractivity contribution < 1.29 is 42.7 Å². The zero-order valence-corrected chi connectivity index (χ0v) is 40.8. The minimum Gasteiger partial charge on any atom is -0.480 e. The van der Waals surface area contributed by atoms with Crippen LogP contribution in [0.4, 0.5) is 0 Å². The van der Waals surface area contributed by atoms with E-state index in [1.807, 2.05) is 0 Å². The Labute approximate surface area is 384 Å². The van der Waals surface area contributed by atoms with Gasteiger partial charge in [-0.2, -0.15) is 0 Å². The number of hydrogen-bond acceptors (Lipinski definition) is 8. The predicted molar refractivity (Wildman–Crippen MR) is 263 cm³/mol. The lowest BCUT2D eigenvalue weighted by molar-refractivity contribution is -0.154. The Balaban J connectivity index is 4.21. The smallest absolute Gasteiger partial charge is 0.472 e. The SMILES string of the molecule is CC/C=C\C/C=C\C/C=C\C/C=C\C/C=C\C/C=C\CCCCCCCOCC(COP(=O)(O)OCC(N)C(=O)O)OC(=O)CCCCCCCCCCCCCCCCCCC. The van der Waals surface area contributed by atoms with E-state index in [4.69, 9.17) is 29.4 Å². The van der Waals surface area contributed by atoms with Crippen molar-refractivity contribution in [1.82, 2.24) is 0 Å². The fraction of sp³-hybridized carbons (Fsp3) is 0.731. The Bertz CT molecular complexity index is 1280. The van der Waals surface area contributed by atoms with Crippen molar-refractivity contribution in [1.29, 1.82) is 0 Å². The van der Waals surface area contributed by atoms with Gasteiger partial charge >= 0.3 is 19.8 Å². The van der Waals surface area contributed by atoms with E-state index in [0.29, 0.717) is 13.0 Å². The molecule has 0 amide bonds. The first-order valence-corrected chi connectivity index (χ1v) is 26.5. The molecule has 0 spiro atoms. The number of aliphatic carboxylic acids is 1. The summed E-state index contributed by atoms with van der Waals surface area (Å²) in [6.45, 7) is 3.74. The van der Waals surface area contributed by atoms with Crippen molar-refractivity contribution in [3.8, 4) is 0 Å². The first-order chi connectivity index (χ1) is 30.7. The molecule has 0 heterocycles. The lowest BCUT2D eigenvalue weighted by Gasteiger charge is -2.20. The monoisotopic (exact) mass is 906 g/mol. The first-order valence-electron chi connectivity index (χ1n) is 25.0. The number of unbranched alkanes of at least 4 members (excludes halogenated alkanes) is 21. The number of nitrogens with two attached hydrogens (primary N) is 1. The molecule has 63 heavy (non-hydrogen) atoms. The van der Waals surface area contributed by atoms with Crippen LogP contribution in [0.2, 0.25) is 0 Å². The Hall–Kier alpha value is -2.59. The maximum atomic E-state index is 12.7. The number of carbonyl (C=O) groups excluding carboxylic acids is 1. The fourth-order valence-electron chi connectivity index (χ4n) is 6.67. The van der Waals surface area contributed by atoms with E-state index < -0.39 is 45.1 Å². The van der Waals surface area contributed by atoms with Crippen LogP contribution in [-0.2, 0) is 32.7 Å². The molecule has 0 aromatic heterocycles. The molecule has 0 aliphatic carbocycles. The van der Waals surface area contributed by atoms with Crippen molar-refractivity contribution in [3.63, 3.8) is 0 Å². The Kier molecular flexibility index (Phi) is 45.4. The zero-order chi connectivity index (χ0) is 46.2. The van der Waals surface area contributed by atoms with Crippen LogP contribution in [0.15, 0.2) is 72.9 Å². The van der Waals surface area contributed by atoms with Gasteiger partial charge in [-0.3, -0.25) is 18.6 Å². The van der Waals surface area contributed by atoms with E-state index in [-0.39, 0.29) is 13.0 Å². The largest absolute Gasteiger partial charge is 0.480 e. The number of carbonyl (C=O) groups is 2. The van der Waals surface area contributed by atoms with Gasteiger partial charge in [-0.25, -0.2) is 4.57 Å². The second-order valence-corrected chi connectivity index (χ2v) is 18.0. The minimum absolute atomic E-state index is 0.00209. The number of esters is 1. The summed E-state index contributed by atoms with van der Waals surface area (Å²) in [5.74, 6) is -1.79. The molecule has 0 fully saturated rings. The Morgan fingerprint density at radius 3 is 1.38 bits per heavy atom. The highest BCUT2D eigenvalue weighted by molar-refractivity contribution is 7.47. The molecule has 0 radical (unpaired) electrons. The van der Waals surface area contributed by atoms with Crippen LogP contribution in [0.3, 0.4) is 0 Å². The molecule has 0 saturated heterocycles. The third-order valence-electron chi connectivity index (χ3n) is 10.5. The van der Waals surface area contributed by atoms with E-state index in [9.17, 15) is 19.0 Å². The third-order valence-corrected chi connectivity index (χ3v) is 11.5. The normalized spacial score (nSPS) is 14.3. The molecule has 0 aliphatic rings. The lowest BCUT2D eigenvalue weighted by atomic mass is 10.0. The summed E-state index contributed by atoms with van der Waals surface area (Å²) in [4.78, 5) is 33.7. The van der Waals surface area contributed by atoms with Gasteiger partial charge in [0.2, 0.25) is 0 Å². The van der Waals surface area contributed by atoms with Gasteiger partial charge in [0, 0.05) is 13.0 Å². The summed E-state index contributed by atoms with van der Waals surface area (Å²) in [6.07, 6.45) is 59.5. The number of rotatable bonds is 47. The highest BCUT2D eigenvalue weighted by Gasteiger charge is 2.27. The van der Waals surface area contributed by atoms with Gasteiger partial charge < -0.3 is 25.2 Å². The summed E-state index contributed by atoms with van der Waals surface area (Å²) < 4.78 is 33.5. The van der Waals surface area contributed by atoms with Gasteiger partial charge in [-0.1, -0.05) is 209 Å². The van der Waals surface area contributed by atoms with Crippen LogP contribution in [0.5, 0.6) is 0 Å². The predicted octanol–water partition coefficient (Wildman–Crippen LogP) is 14.5. The number of phosphoric acid groups is 1. The fourth-order valence-corrected chi connectivity index (χ4v) is 7.44. The van der Waals surface area contributed by atoms with Gasteiger partial charge in [0.15, 0.2) is 0 Å². The van der Waals surface area contributed by atoms with Gasteiger partial charge in [-0.15, -0.1) is 0 Å². The second kappa shape index (κ2) is 47.4. The van der Waals surface area contributed by atoms with Crippen LogP contribution >= 0.6 is 7.82 Å². The van der Waals surface area contributed by atoms with Crippen molar-refractivity contribution in [3.05, 3.63) is 72.9 Å². The molecule has 0 aliphatic heterocycles. The quantitative estimate of drug-likeness (QED) is 0.0233. The minimum atomic E-state index is -4.63. The van der Waals surface area contributed by atoms with E-state index >= 15 is 0 Å². The Morgan fingerprint density at radius 2 is 0.921 bits per heavy atom. The Morgan fingerprint density at radius 1 is 0.524 bits per heavy atom. The summed E-state index contributed by atoms with van der Waals surface area (Å²) in [5, 5.41) is 8.92. The third kappa shape index (κ3) is 47.2. The number of allylic oxidation sites excluding steroid dienone is 12. The number of carboxylic acids is 1. The highest BCUT2D eigenvalue weighted by atomic mass is 31.2. The van der Waals surface area contributed by atoms with Gasteiger partial charge in [0.25, 0.3) is 0 Å². The zero-order valence-electron chi connectivity index (χ0n) is 39.9. The molecular formula is C52H92NO9P. The number of hydrogen-bond donors (Lipinski definition) is 3. The van der Waals surface area contributed by atoms with Crippen molar-refractivity contribution >= 4 is 19.8 Å². The molecule has 11 heteroatoms. The topological polar surface area (TPSA) is 155 Å². The first kappa shape index (κ1) is 60.4. The van der Waals surface area contributed by atoms with E-state index in [2.05, 4.69) is 86.8 Å². The van der Waals surface area contributed by atoms with Crippen molar-refractivity contribution in [2.24, 2.45) is 5.73 Å². The molecule has 4 N–H and O–H groups in total. The molecule has 10 nitrogen and oxygen atoms in total. The highest BCUT2D eigenvalue weighted by Crippen LogP contribution is 2.43. The summed E-state index contributed by atoms with van der Waals surface area (Å²) in [5.41, 5.74) is 5.37. The molecule has 0 aromatic rings. The molecule has 3 atom stereocenters. The molecule has 3 unspecified atom stereocenters. The van der Waals surface area contributed by atoms with Crippen LogP contribution in [0, 0.1) is 0 Å². The maximum absolute atomic E-state index is 12.7. The molecule has 0 rings (SSSR count).